The lowest BCUT2D eigenvalue weighted by Crippen LogP contribution is -2.24. The van der Waals surface area contributed by atoms with Crippen molar-refractivity contribution in [3.63, 3.8) is 0 Å². The second-order valence-electron chi connectivity index (χ2n) is 5.64. The third-order valence-electron chi connectivity index (χ3n) is 3.42. The summed E-state index contributed by atoms with van der Waals surface area (Å²) in [7, 11) is 3.02. The minimum Gasteiger partial charge on any atom is -0.493 e. The lowest BCUT2D eigenvalue weighted by atomic mass is 10.1. The smallest absolute Gasteiger partial charge is 0.277 e. The molecule has 0 aliphatic heterocycles. The van der Waals surface area contributed by atoms with E-state index in [-0.39, 0.29) is 12.5 Å². The first-order valence-corrected chi connectivity index (χ1v) is 8.25. The van der Waals surface area contributed by atoms with Gasteiger partial charge in [0.25, 0.3) is 5.91 Å². The maximum atomic E-state index is 11.8. The summed E-state index contributed by atoms with van der Waals surface area (Å²) in [6, 6.07) is 9.13. The summed E-state index contributed by atoms with van der Waals surface area (Å²) in [4.78, 5) is 11.8. The van der Waals surface area contributed by atoms with Crippen LogP contribution < -0.4 is 19.6 Å². The Labute approximate surface area is 157 Å². The van der Waals surface area contributed by atoms with Crippen LogP contribution in [0.1, 0.15) is 16.7 Å². The van der Waals surface area contributed by atoms with E-state index >= 15 is 0 Å². The second kappa shape index (κ2) is 9.10. The molecule has 0 fully saturated rings. The molecular formula is C19H21ClN2O4. The normalized spacial score (nSPS) is 10.7. The zero-order chi connectivity index (χ0) is 19.1. The van der Waals surface area contributed by atoms with Crippen molar-refractivity contribution in [2.45, 2.75) is 13.8 Å². The van der Waals surface area contributed by atoms with Crippen molar-refractivity contribution in [3.05, 3.63) is 52.0 Å². The highest BCUT2D eigenvalue weighted by atomic mass is 35.5. The molecule has 0 atom stereocenters. The summed E-state index contributed by atoms with van der Waals surface area (Å²) in [6.45, 7) is 3.81. The van der Waals surface area contributed by atoms with E-state index in [1.165, 1.54) is 20.4 Å². The summed E-state index contributed by atoms with van der Waals surface area (Å²) in [5.41, 5.74) is 5.21. The number of halogens is 1. The van der Waals surface area contributed by atoms with Crippen LogP contribution >= 0.6 is 11.6 Å². The van der Waals surface area contributed by atoms with Crippen molar-refractivity contribution in [1.29, 1.82) is 0 Å². The second-order valence-corrected chi connectivity index (χ2v) is 6.05. The van der Waals surface area contributed by atoms with E-state index in [0.717, 1.165) is 11.1 Å². The van der Waals surface area contributed by atoms with Gasteiger partial charge in [-0.25, -0.2) is 5.43 Å². The number of ether oxygens (including phenoxy) is 3. The number of rotatable bonds is 7. The molecule has 2 aromatic rings. The molecule has 7 heteroatoms. The van der Waals surface area contributed by atoms with Crippen molar-refractivity contribution in [2.75, 3.05) is 20.8 Å². The number of hydrogen-bond donors (Lipinski definition) is 1. The van der Waals surface area contributed by atoms with Gasteiger partial charge in [0.15, 0.2) is 18.1 Å². The van der Waals surface area contributed by atoms with Gasteiger partial charge >= 0.3 is 0 Å². The monoisotopic (exact) mass is 376 g/mol. The first kappa shape index (κ1) is 19.6. The van der Waals surface area contributed by atoms with Gasteiger partial charge in [-0.05, 0) is 54.8 Å². The third kappa shape index (κ3) is 5.39. The van der Waals surface area contributed by atoms with Crippen molar-refractivity contribution in [3.8, 4) is 17.2 Å². The van der Waals surface area contributed by atoms with E-state index in [0.29, 0.717) is 27.8 Å². The summed E-state index contributed by atoms with van der Waals surface area (Å²) in [6.07, 6.45) is 1.46. The van der Waals surface area contributed by atoms with Crippen LogP contribution in [0.5, 0.6) is 17.2 Å². The van der Waals surface area contributed by atoms with Crippen LogP contribution in [-0.2, 0) is 4.79 Å². The van der Waals surface area contributed by atoms with E-state index in [4.69, 9.17) is 25.8 Å². The van der Waals surface area contributed by atoms with Crippen LogP contribution in [0.25, 0.3) is 0 Å². The number of hydrogen-bond acceptors (Lipinski definition) is 5. The summed E-state index contributed by atoms with van der Waals surface area (Å²) in [5.74, 6) is 1.20. The lowest BCUT2D eigenvalue weighted by molar-refractivity contribution is -0.123. The first-order valence-electron chi connectivity index (χ1n) is 7.87. The van der Waals surface area contributed by atoms with Crippen LogP contribution in [0.4, 0.5) is 0 Å². The molecule has 0 spiro atoms. The average Bonchev–Trinajstić information content (AvgIpc) is 2.58. The Morgan fingerprint density at radius 2 is 1.81 bits per heavy atom. The van der Waals surface area contributed by atoms with Gasteiger partial charge in [0.2, 0.25) is 0 Å². The molecule has 0 bridgehead atoms. The van der Waals surface area contributed by atoms with Crippen LogP contribution in [0.3, 0.4) is 0 Å². The molecule has 6 nitrogen and oxygen atoms in total. The quantitative estimate of drug-likeness (QED) is 0.593. The zero-order valence-corrected chi connectivity index (χ0v) is 15.9. The molecule has 0 unspecified atom stereocenters. The molecule has 0 saturated carbocycles. The van der Waals surface area contributed by atoms with Gasteiger partial charge in [-0.3, -0.25) is 4.79 Å². The van der Waals surface area contributed by atoms with Gasteiger partial charge in [-0.2, -0.15) is 5.10 Å². The molecule has 0 heterocycles. The van der Waals surface area contributed by atoms with E-state index < -0.39 is 0 Å². The fraction of sp³-hybridized carbons (Fsp3) is 0.263. The number of carbonyl (C=O) groups is 1. The van der Waals surface area contributed by atoms with Crippen LogP contribution in [-0.4, -0.2) is 32.9 Å². The van der Waals surface area contributed by atoms with Gasteiger partial charge in [0.1, 0.15) is 5.75 Å². The zero-order valence-electron chi connectivity index (χ0n) is 15.1. The Kier molecular flexibility index (Phi) is 6.86. The molecule has 2 rings (SSSR count). The van der Waals surface area contributed by atoms with Crippen LogP contribution in [0.2, 0.25) is 5.02 Å². The Balaban J connectivity index is 1.93. The fourth-order valence-corrected chi connectivity index (χ4v) is 2.68. The van der Waals surface area contributed by atoms with E-state index in [1.807, 2.05) is 32.0 Å². The number of carbonyl (C=O) groups excluding carboxylic acids is 1. The molecule has 0 aliphatic rings. The van der Waals surface area contributed by atoms with Crippen molar-refractivity contribution in [2.24, 2.45) is 5.10 Å². The third-order valence-corrected chi connectivity index (χ3v) is 3.70. The number of amides is 1. The Morgan fingerprint density at radius 3 is 2.42 bits per heavy atom. The maximum Gasteiger partial charge on any atom is 0.277 e. The molecule has 1 amide bonds. The van der Waals surface area contributed by atoms with Gasteiger partial charge in [-0.15, -0.1) is 0 Å². The van der Waals surface area contributed by atoms with Crippen molar-refractivity contribution >= 4 is 23.7 Å². The predicted molar refractivity (Wildman–Crippen MR) is 102 cm³/mol. The molecule has 0 radical (unpaired) electrons. The van der Waals surface area contributed by atoms with Crippen LogP contribution in [0, 0.1) is 13.8 Å². The predicted octanol–water partition coefficient (Wildman–Crippen LogP) is 3.50. The molecule has 26 heavy (non-hydrogen) atoms. The first-order chi connectivity index (χ1) is 12.4. The van der Waals surface area contributed by atoms with Gasteiger partial charge < -0.3 is 14.2 Å². The average molecular weight is 377 g/mol. The standard InChI is InChI=1S/C19H21ClN2O4/c1-12-5-13(2)7-15(6-12)26-11-18(23)22-21-10-14-8-16(20)19(25-4)17(9-14)24-3/h5-10H,11H2,1-4H3,(H,22,23)/b21-10+. The highest BCUT2D eigenvalue weighted by Crippen LogP contribution is 2.35. The molecule has 0 saturated heterocycles. The van der Waals surface area contributed by atoms with E-state index in [2.05, 4.69) is 10.5 Å². The number of hydrazone groups is 1. The SMILES string of the molecule is COc1cc(/C=N/NC(=O)COc2cc(C)cc(C)c2)cc(Cl)c1OC. The minimum absolute atomic E-state index is 0.132. The largest absolute Gasteiger partial charge is 0.493 e. The minimum atomic E-state index is -0.369. The Hall–Kier alpha value is -2.73. The highest BCUT2D eigenvalue weighted by molar-refractivity contribution is 6.32. The van der Waals surface area contributed by atoms with E-state index in [1.54, 1.807) is 12.1 Å². The Bertz CT molecular complexity index is 801. The number of methoxy groups -OCH3 is 2. The molecule has 0 aromatic heterocycles. The molecule has 2 aromatic carbocycles. The van der Waals surface area contributed by atoms with Gasteiger partial charge in [0.05, 0.1) is 25.5 Å². The summed E-state index contributed by atoms with van der Waals surface area (Å²) < 4.78 is 15.9. The van der Waals surface area contributed by atoms with Crippen molar-refractivity contribution < 1.29 is 19.0 Å². The number of nitrogens with one attached hydrogen (secondary N) is 1. The van der Waals surface area contributed by atoms with E-state index in [9.17, 15) is 4.79 Å². The summed E-state index contributed by atoms with van der Waals surface area (Å²) in [5, 5.41) is 4.29. The number of nitrogens with zero attached hydrogens (tertiary/aromatic N) is 1. The molecule has 138 valence electrons. The van der Waals surface area contributed by atoms with Gasteiger partial charge in [0, 0.05) is 0 Å². The Morgan fingerprint density at radius 1 is 1.12 bits per heavy atom. The van der Waals surface area contributed by atoms with Crippen LogP contribution in [0.15, 0.2) is 35.4 Å². The fourth-order valence-electron chi connectivity index (χ4n) is 2.39. The maximum absolute atomic E-state index is 11.8. The summed E-state index contributed by atoms with van der Waals surface area (Å²) >= 11 is 6.12. The number of benzene rings is 2. The van der Waals surface area contributed by atoms with Crippen molar-refractivity contribution in [1.82, 2.24) is 5.43 Å². The lowest BCUT2D eigenvalue weighted by Gasteiger charge is -2.10. The molecule has 0 aliphatic carbocycles. The number of aryl methyl sites for hydroxylation is 2. The highest BCUT2D eigenvalue weighted by Gasteiger charge is 2.10. The molecular weight excluding hydrogens is 356 g/mol. The van der Waals surface area contributed by atoms with Gasteiger partial charge in [-0.1, -0.05) is 17.7 Å². The topological polar surface area (TPSA) is 69.2 Å². The molecule has 1 N–H and O–H groups in total.